The average molecular weight is 307 g/mol. The first kappa shape index (κ1) is 15.0. The summed E-state index contributed by atoms with van der Waals surface area (Å²) in [6.45, 7) is 0. The second kappa shape index (κ2) is 6.87. The molecule has 3 rings (SSSR count). The van der Waals surface area contributed by atoms with Gasteiger partial charge >= 0.3 is 0 Å². The first-order valence-electron chi connectivity index (χ1n) is 7.43. The molecular formula is C18H17N3O2. The molecule has 0 N–H and O–H groups in total. The Morgan fingerprint density at radius 3 is 2.39 bits per heavy atom. The molecule has 5 heteroatoms. The van der Waals surface area contributed by atoms with Gasteiger partial charge in [-0.15, -0.1) is 0 Å². The smallest absolute Gasteiger partial charge is 0.227 e. The first-order valence-corrected chi connectivity index (χ1v) is 7.43. The molecule has 116 valence electrons. The van der Waals surface area contributed by atoms with E-state index in [0.717, 1.165) is 11.3 Å². The second-order valence-corrected chi connectivity index (χ2v) is 5.17. The van der Waals surface area contributed by atoms with E-state index in [9.17, 15) is 4.79 Å². The summed E-state index contributed by atoms with van der Waals surface area (Å²) in [7, 11) is 1.76. The fraction of sp³-hybridized carbons (Fsp3) is 0.167. The molecule has 0 saturated carbocycles. The summed E-state index contributed by atoms with van der Waals surface area (Å²) < 4.78 is 5.22. The molecule has 0 aliphatic carbocycles. The minimum absolute atomic E-state index is 0.00987. The van der Waals surface area contributed by atoms with Crippen molar-refractivity contribution in [3.05, 3.63) is 66.6 Å². The van der Waals surface area contributed by atoms with Crippen molar-refractivity contribution in [3.8, 4) is 11.4 Å². The molecule has 0 atom stereocenters. The van der Waals surface area contributed by atoms with Crippen LogP contribution in [-0.2, 0) is 11.2 Å². The van der Waals surface area contributed by atoms with Gasteiger partial charge in [0.1, 0.15) is 0 Å². The highest BCUT2D eigenvalue weighted by Crippen LogP contribution is 2.16. The van der Waals surface area contributed by atoms with Crippen molar-refractivity contribution >= 4 is 11.6 Å². The molecule has 0 fully saturated rings. The Morgan fingerprint density at radius 2 is 1.70 bits per heavy atom. The fourth-order valence-electron chi connectivity index (χ4n) is 2.24. The van der Waals surface area contributed by atoms with Crippen molar-refractivity contribution in [2.24, 2.45) is 0 Å². The Labute approximate surface area is 134 Å². The Balaban J connectivity index is 1.61. The van der Waals surface area contributed by atoms with Crippen LogP contribution in [0.3, 0.4) is 0 Å². The Bertz CT molecular complexity index is 769. The third kappa shape index (κ3) is 3.63. The summed E-state index contributed by atoms with van der Waals surface area (Å²) in [5.41, 5.74) is 1.77. The van der Waals surface area contributed by atoms with Crippen molar-refractivity contribution in [2.75, 3.05) is 11.9 Å². The van der Waals surface area contributed by atoms with Gasteiger partial charge in [0.05, 0.1) is 0 Å². The highest BCUT2D eigenvalue weighted by Gasteiger charge is 2.14. The summed E-state index contributed by atoms with van der Waals surface area (Å²) in [6, 6.07) is 19.1. The van der Waals surface area contributed by atoms with Crippen molar-refractivity contribution in [1.29, 1.82) is 0 Å². The lowest BCUT2D eigenvalue weighted by molar-refractivity contribution is -0.118. The van der Waals surface area contributed by atoms with E-state index in [0.29, 0.717) is 24.6 Å². The van der Waals surface area contributed by atoms with E-state index in [4.69, 9.17) is 4.52 Å². The molecule has 1 aromatic heterocycles. The largest absolute Gasteiger partial charge is 0.339 e. The van der Waals surface area contributed by atoms with Crippen molar-refractivity contribution in [3.63, 3.8) is 0 Å². The third-order valence-electron chi connectivity index (χ3n) is 3.57. The molecule has 2 aromatic carbocycles. The van der Waals surface area contributed by atoms with Crippen LogP contribution in [0.15, 0.2) is 65.2 Å². The number of carbonyl (C=O) groups excluding carboxylic acids is 1. The Morgan fingerprint density at radius 1 is 1.04 bits per heavy atom. The van der Waals surface area contributed by atoms with E-state index in [2.05, 4.69) is 10.1 Å². The molecule has 0 radical (unpaired) electrons. The number of aryl methyl sites for hydroxylation is 1. The van der Waals surface area contributed by atoms with Crippen molar-refractivity contribution in [1.82, 2.24) is 10.1 Å². The minimum Gasteiger partial charge on any atom is -0.339 e. The number of carbonyl (C=O) groups is 1. The second-order valence-electron chi connectivity index (χ2n) is 5.17. The standard InChI is InChI=1S/C18H17N3O2/c1-21(15-10-6-3-7-11-15)17(22)13-12-16-19-18(20-23-16)14-8-4-2-5-9-14/h2-11H,12-13H2,1H3. The van der Waals surface area contributed by atoms with Crippen LogP contribution < -0.4 is 4.90 Å². The summed E-state index contributed by atoms with van der Waals surface area (Å²) in [6.07, 6.45) is 0.748. The van der Waals surface area contributed by atoms with Gasteiger partial charge in [0, 0.05) is 31.1 Å². The molecule has 0 spiro atoms. The van der Waals surface area contributed by atoms with Crippen LogP contribution in [0, 0.1) is 0 Å². The third-order valence-corrected chi connectivity index (χ3v) is 3.57. The van der Waals surface area contributed by atoms with Gasteiger partial charge in [-0.25, -0.2) is 0 Å². The van der Waals surface area contributed by atoms with E-state index >= 15 is 0 Å². The van der Waals surface area contributed by atoms with Gasteiger partial charge in [-0.3, -0.25) is 4.79 Å². The predicted octanol–water partition coefficient (Wildman–Crippen LogP) is 3.33. The van der Waals surface area contributed by atoms with Crippen LogP contribution in [0.1, 0.15) is 12.3 Å². The molecular weight excluding hydrogens is 290 g/mol. The van der Waals surface area contributed by atoms with E-state index in [1.54, 1.807) is 11.9 Å². The van der Waals surface area contributed by atoms with Crippen LogP contribution >= 0.6 is 0 Å². The highest BCUT2D eigenvalue weighted by molar-refractivity contribution is 5.92. The number of amides is 1. The van der Waals surface area contributed by atoms with Gasteiger partial charge < -0.3 is 9.42 Å². The number of benzene rings is 2. The molecule has 0 saturated heterocycles. The van der Waals surface area contributed by atoms with Crippen LogP contribution in [0.2, 0.25) is 0 Å². The van der Waals surface area contributed by atoms with Crippen molar-refractivity contribution in [2.45, 2.75) is 12.8 Å². The first-order chi connectivity index (χ1) is 11.2. The molecule has 0 unspecified atom stereocenters. The number of nitrogens with zero attached hydrogens (tertiary/aromatic N) is 3. The summed E-state index contributed by atoms with van der Waals surface area (Å²) in [5, 5.41) is 3.96. The maximum atomic E-state index is 12.2. The monoisotopic (exact) mass is 307 g/mol. The molecule has 5 nitrogen and oxygen atoms in total. The SMILES string of the molecule is CN(C(=O)CCc1nc(-c2ccccc2)no1)c1ccccc1. The van der Waals surface area contributed by atoms with E-state index in [1.165, 1.54) is 0 Å². The number of rotatable bonds is 5. The van der Waals surface area contributed by atoms with Crippen LogP contribution in [0.25, 0.3) is 11.4 Å². The van der Waals surface area contributed by atoms with Crippen LogP contribution in [0.4, 0.5) is 5.69 Å². The zero-order valence-electron chi connectivity index (χ0n) is 12.8. The van der Waals surface area contributed by atoms with E-state index in [-0.39, 0.29) is 5.91 Å². The van der Waals surface area contributed by atoms with Gasteiger partial charge in [0.25, 0.3) is 0 Å². The maximum Gasteiger partial charge on any atom is 0.227 e. The van der Waals surface area contributed by atoms with Gasteiger partial charge in [0.15, 0.2) is 0 Å². The van der Waals surface area contributed by atoms with E-state index in [1.807, 2.05) is 60.7 Å². The summed E-state index contributed by atoms with van der Waals surface area (Å²) >= 11 is 0. The minimum atomic E-state index is 0.00987. The topological polar surface area (TPSA) is 59.2 Å². The lowest BCUT2D eigenvalue weighted by Crippen LogP contribution is -2.26. The molecule has 1 heterocycles. The molecule has 1 amide bonds. The number of aromatic nitrogens is 2. The molecule has 0 aliphatic heterocycles. The summed E-state index contributed by atoms with van der Waals surface area (Å²) in [4.78, 5) is 18.2. The number of hydrogen-bond acceptors (Lipinski definition) is 4. The quantitative estimate of drug-likeness (QED) is 0.725. The predicted molar refractivity (Wildman–Crippen MR) is 87.9 cm³/mol. The molecule has 0 aliphatic rings. The average Bonchev–Trinajstić information content (AvgIpc) is 3.09. The van der Waals surface area contributed by atoms with E-state index < -0.39 is 0 Å². The van der Waals surface area contributed by atoms with Gasteiger partial charge in [-0.05, 0) is 12.1 Å². The van der Waals surface area contributed by atoms with Crippen LogP contribution in [0.5, 0.6) is 0 Å². The zero-order valence-corrected chi connectivity index (χ0v) is 12.8. The fourth-order valence-corrected chi connectivity index (χ4v) is 2.24. The van der Waals surface area contributed by atoms with Gasteiger partial charge in [-0.2, -0.15) is 4.98 Å². The molecule has 3 aromatic rings. The number of anilines is 1. The Kier molecular flexibility index (Phi) is 4.47. The Hall–Kier alpha value is -2.95. The highest BCUT2D eigenvalue weighted by atomic mass is 16.5. The molecule has 23 heavy (non-hydrogen) atoms. The lowest BCUT2D eigenvalue weighted by atomic mass is 10.2. The van der Waals surface area contributed by atoms with Crippen molar-refractivity contribution < 1.29 is 9.32 Å². The number of para-hydroxylation sites is 1. The van der Waals surface area contributed by atoms with Gasteiger partial charge in [-0.1, -0.05) is 53.7 Å². The summed E-state index contributed by atoms with van der Waals surface area (Å²) in [5.74, 6) is 1.03. The normalized spacial score (nSPS) is 10.5. The van der Waals surface area contributed by atoms with Gasteiger partial charge in [0.2, 0.25) is 17.6 Å². The zero-order chi connectivity index (χ0) is 16.1. The van der Waals surface area contributed by atoms with Crippen LogP contribution in [-0.4, -0.2) is 23.1 Å². The lowest BCUT2D eigenvalue weighted by Gasteiger charge is -2.16. The number of hydrogen-bond donors (Lipinski definition) is 0. The maximum absolute atomic E-state index is 12.2. The molecule has 0 bridgehead atoms.